The smallest absolute Gasteiger partial charge is 0.146 e. The minimum absolute atomic E-state index is 0.151. The van der Waals surface area contributed by atoms with Crippen molar-refractivity contribution in [2.75, 3.05) is 5.73 Å². The maximum atomic E-state index is 13.2. The lowest BCUT2D eigenvalue weighted by Gasteiger charge is -2.07. The Morgan fingerprint density at radius 2 is 2.27 bits per heavy atom. The van der Waals surface area contributed by atoms with Crippen molar-refractivity contribution in [3.05, 3.63) is 36.4 Å². The highest BCUT2D eigenvalue weighted by atomic mass is 19.1. The highest BCUT2D eigenvalue weighted by Gasteiger charge is 2.10. The Morgan fingerprint density at radius 3 is 3.00 bits per heavy atom. The molecule has 2 N–H and O–H groups in total. The summed E-state index contributed by atoms with van der Waals surface area (Å²) in [6.45, 7) is 2.78. The van der Waals surface area contributed by atoms with Gasteiger partial charge in [-0.2, -0.15) is 0 Å². The Kier molecular flexibility index (Phi) is 2.41. The van der Waals surface area contributed by atoms with E-state index in [0.717, 1.165) is 6.54 Å². The fourth-order valence-electron chi connectivity index (χ4n) is 1.54. The Labute approximate surface area is 87.4 Å². The Hall–Kier alpha value is -1.84. The van der Waals surface area contributed by atoms with Crippen LogP contribution >= 0.6 is 0 Å². The number of rotatable bonds is 2. The first kappa shape index (κ1) is 9.71. The molecule has 0 fully saturated rings. The van der Waals surface area contributed by atoms with Crippen LogP contribution in [0.25, 0.3) is 11.4 Å². The second-order valence-corrected chi connectivity index (χ2v) is 3.24. The van der Waals surface area contributed by atoms with E-state index in [9.17, 15) is 4.39 Å². The van der Waals surface area contributed by atoms with Crippen LogP contribution in [0.2, 0.25) is 0 Å². The summed E-state index contributed by atoms with van der Waals surface area (Å²) in [7, 11) is 0. The number of nitrogen functional groups attached to an aromatic ring is 1. The summed E-state index contributed by atoms with van der Waals surface area (Å²) < 4.78 is 15.2. The van der Waals surface area contributed by atoms with Crippen LogP contribution in [0.3, 0.4) is 0 Å². The van der Waals surface area contributed by atoms with Gasteiger partial charge >= 0.3 is 0 Å². The zero-order valence-electron chi connectivity index (χ0n) is 8.44. The molecule has 1 aromatic carbocycles. The number of aryl methyl sites for hydroxylation is 1. The van der Waals surface area contributed by atoms with Crippen molar-refractivity contribution in [3.63, 3.8) is 0 Å². The van der Waals surface area contributed by atoms with Crippen LogP contribution in [0.1, 0.15) is 6.92 Å². The van der Waals surface area contributed by atoms with Crippen LogP contribution in [0.5, 0.6) is 0 Å². The van der Waals surface area contributed by atoms with Gasteiger partial charge in [0, 0.05) is 24.5 Å². The fraction of sp³-hybridized carbons (Fsp3) is 0.182. The molecule has 1 aromatic heterocycles. The fourth-order valence-corrected chi connectivity index (χ4v) is 1.54. The minimum Gasteiger partial charge on any atom is -0.396 e. The lowest BCUT2D eigenvalue weighted by Crippen LogP contribution is -2.00. The molecule has 0 radical (unpaired) electrons. The number of nitrogens with zero attached hydrogens (tertiary/aromatic N) is 2. The molecule has 15 heavy (non-hydrogen) atoms. The number of nitrogens with two attached hydrogens (primary N) is 1. The normalized spacial score (nSPS) is 10.5. The maximum absolute atomic E-state index is 13.2. The highest BCUT2D eigenvalue weighted by Crippen LogP contribution is 2.26. The molecular weight excluding hydrogens is 193 g/mol. The van der Waals surface area contributed by atoms with Crippen molar-refractivity contribution >= 4 is 5.69 Å². The van der Waals surface area contributed by atoms with Crippen molar-refractivity contribution in [3.8, 4) is 11.4 Å². The van der Waals surface area contributed by atoms with Gasteiger partial charge < -0.3 is 10.3 Å². The van der Waals surface area contributed by atoms with Gasteiger partial charge in [-0.25, -0.2) is 9.37 Å². The van der Waals surface area contributed by atoms with E-state index in [2.05, 4.69) is 4.98 Å². The van der Waals surface area contributed by atoms with Crippen molar-refractivity contribution in [1.29, 1.82) is 0 Å². The van der Waals surface area contributed by atoms with E-state index in [1.807, 2.05) is 17.7 Å². The Morgan fingerprint density at radius 1 is 1.47 bits per heavy atom. The first-order valence-corrected chi connectivity index (χ1v) is 4.79. The molecule has 0 saturated heterocycles. The molecule has 2 rings (SSSR count). The molecule has 4 heteroatoms. The highest BCUT2D eigenvalue weighted by molar-refractivity contribution is 5.72. The average molecular weight is 205 g/mol. The maximum Gasteiger partial charge on any atom is 0.146 e. The molecule has 2 aromatic rings. The van der Waals surface area contributed by atoms with Gasteiger partial charge in [0.1, 0.15) is 11.6 Å². The van der Waals surface area contributed by atoms with Crippen molar-refractivity contribution < 1.29 is 4.39 Å². The topological polar surface area (TPSA) is 43.8 Å². The van der Waals surface area contributed by atoms with Gasteiger partial charge in [-0.1, -0.05) is 6.07 Å². The second kappa shape index (κ2) is 3.73. The standard InChI is InChI=1S/C11H12FN3/c1-2-15-7-6-14-11(15)8-4-3-5-9(12)10(8)13/h3-7H,2,13H2,1H3. The molecule has 0 atom stereocenters. The van der Waals surface area contributed by atoms with E-state index in [4.69, 9.17) is 5.73 Å². The SMILES string of the molecule is CCn1ccnc1-c1cccc(F)c1N. The van der Waals surface area contributed by atoms with Crippen LogP contribution in [0.4, 0.5) is 10.1 Å². The first-order chi connectivity index (χ1) is 7.24. The van der Waals surface area contributed by atoms with Gasteiger partial charge in [0.25, 0.3) is 0 Å². The summed E-state index contributed by atoms with van der Waals surface area (Å²) in [4.78, 5) is 4.18. The Bertz CT molecular complexity index is 476. The number of aromatic nitrogens is 2. The van der Waals surface area contributed by atoms with Crippen LogP contribution in [-0.2, 0) is 6.54 Å². The summed E-state index contributed by atoms with van der Waals surface area (Å²) in [5, 5.41) is 0. The van der Waals surface area contributed by atoms with Crippen molar-refractivity contribution in [1.82, 2.24) is 9.55 Å². The number of anilines is 1. The van der Waals surface area contributed by atoms with Crippen molar-refractivity contribution in [2.45, 2.75) is 13.5 Å². The molecule has 0 saturated carbocycles. The minimum atomic E-state index is -0.404. The number of hydrogen-bond acceptors (Lipinski definition) is 2. The summed E-state index contributed by atoms with van der Waals surface area (Å²) in [6.07, 6.45) is 3.53. The van der Waals surface area contributed by atoms with Crippen LogP contribution in [-0.4, -0.2) is 9.55 Å². The third kappa shape index (κ3) is 1.58. The van der Waals surface area contributed by atoms with E-state index in [-0.39, 0.29) is 5.69 Å². The average Bonchev–Trinajstić information content (AvgIpc) is 2.70. The molecule has 0 amide bonds. The van der Waals surface area contributed by atoms with Gasteiger partial charge in [0.15, 0.2) is 0 Å². The van der Waals surface area contributed by atoms with Gasteiger partial charge in [0.05, 0.1) is 5.69 Å². The molecule has 0 bridgehead atoms. The van der Waals surface area contributed by atoms with E-state index in [1.54, 1.807) is 18.3 Å². The third-order valence-corrected chi connectivity index (χ3v) is 2.35. The number of benzene rings is 1. The second-order valence-electron chi connectivity index (χ2n) is 3.24. The predicted octanol–water partition coefficient (Wildman–Crippen LogP) is 2.29. The zero-order chi connectivity index (χ0) is 10.8. The number of hydrogen-bond donors (Lipinski definition) is 1. The molecule has 3 nitrogen and oxygen atoms in total. The van der Waals surface area contributed by atoms with Gasteiger partial charge in [-0.05, 0) is 19.1 Å². The molecule has 1 heterocycles. The first-order valence-electron chi connectivity index (χ1n) is 4.79. The van der Waals surface area contributed by atoms with E-state index < -0.39 is 5.82 Å². The van der Waals surface area contributed by atoms with Gasteiger partial charge in [0.2, 0.25) is 0 Å². The predicted molar refractivity (Wildman–Crippen MR) is 57.7 cm³/mol. The summed E-state index contributed by atoms with van der Waals surface area (Å²) in [6, 6.07) is 4.75. The zero-order valence-corrected chi connectivity index (χ0v) is 8.44. The number of imidazole rings is 1. The van der Waals surface area contributed by atoms with Crippen LogP contribution < -0.4 is 5.73 Å². The van der Waals surface area contributed by atoms with Crippen LogP contribution in [0, 0.1) is 5.82 Å². The summed E-state index contributed by atoms with van der Waals surface area (Å²) in [5.41, 5.74) is 6.46. The van der Waals surface area contributed by atoms with Gasteiger partial charge in [-0.15, -0.1) is 0 Å². The van der Waals surface area contributed by atoms with Crippen molar-refractivity contribution in [2.24, 2.45) is 0 Å². The van der Waals surface area contributed by atoms with E-state index >= 15 is 0 Å². The number of para-hydroxylation sites is 1. The molecule has 0 aliphatic rings. The summed E-state index contributed by atoms with van der Waals surface area (Å²) >= 11 is 0. The third-order valence-electron chi connectivity index (χ3n) is 2.35. The lowest BCUT2D eigenvalue weighted by atomic mass is 10.1. The number of halogens is 1. The quantitative estimate of drug-likeness (QED) is 0.764. The molecule has 0 aliphatic heterocycles. The van der Waals surface area contributed by atoms with Gasteiger partial charge in [-0.3, -0.25) is 0 Å². The lowest BCUT2D eigenvalue weighted by molar-refractivity contribution is 0.632. The largest absolute Gasteiger partial charge is 0.396 e. The van der Waals surface area contributed by atoms with Crippen LogP contribution in [0.15, 0.2) is 30.6 Å². The molecule has 0 aliphatic carbocycles. The molecule has 0 unspecified atom stereocenters. The molecule has 78 valence electrons. The van der Waals surface area contributed by atoms with E-state index in [0.29, 0.717) is 11.4 Å². The monoisotopic (exact) mass is 205 g/mol. The molecule has 0 spiro atoms. The molecular formula is C11H12FN3. The Balaban J connectivity index is 2.59. The van der Waals surface area contributed by atoms with E-state index in [1.165, 1.54) is 6.07 Å². The summed E-state index contributed by atoms with van der Waals surface area (Å²) in [5.74, 6) is 0.299.